The Labute approximate surface area is 136 Å². The number of primary sulfonamides is 1. The van der Waals surface area contributed by atoms with E-state index in [1.807, 2.05) is 0 Å². The predicted octanol–water partition coefficient (Wildman–Crippen LogP) is 0.394. The number of rotatable bonds is 6. The number of carbonyl (C=O) groups is 1. The van der Waals surface area contributed by atoms with Crippen LogP contribution in [0, 0.1) is 5.41 Å². The molecular formula is C14H24N4O4S. The zero-order valence-electron chi connectivity index (χ0n) is 13.5. The first-order valence-corrected chi connectivity index (χ1v) is 9.16. The van der Waals surface area contributed by atoms with E-state index in [0.29, 0.717) is 13.2 Å². The van der Waals surface area contributed by atoms with E-state index in [4.69, 9.17) is 9.88 Å². The second-order valence-corrected chi connectivity index (χ2v) is 7.69. The van der Waals surface area contributed by atoms with Crippen LogP contribution in [0.4, 0.5) is 0 Å². The van der Waals surface area contributed by atoms with Crippen molar-refractivity contribution >= 4 is 15.9 Å². The van der Waals surface area contributed by atoms with E-state index in [0.717, 1.165) is 30.4 Å². The van der Waals surface area contributed by atoms with E-state index >= 15 is 0 Å². The molecule has 0 atom stereocenters. The number of carbonyl (C=O) groups excluding carboxylic acids is 1. The zero-order valence-corrected chi connectivity index (χ0v) is 14.4. The number of sulfonamides is 1. The molecule has 0 aliphatic heterocycles. The molecule has 8 nitrogen and oxygen atoms in total. The number of amides is 1. The molecule has 1 aliphatic carbocycles. The second-order valence-electron chi connectivity index (χ2n) is 6.21. The van der Waals surface area contributed by atoms with Crippen molar-refractivity contribution in [1.29, 1.82) is 0 Å². The zero-order chi connectivity index (χ0) is 17.1. The van der Waals surface area contributed by atoms with Gasteiger partial charge in [-0.1, -0.05) is 19.3 Å². The Balaban J connectivity index is 2.13. The fourth-order valence-electron chi connectivity index (χ4n) is 3.26. The largest absolute Gasteiger partial charge is 0.384 e. The molecule has 0 saturated heterocycles. The van der Waals surface area contributed by atoms with E-state index in [2.05, 4.69) is 10.4 Å². The van der Waals surface area contributed by atoms with Gasteiger partial charge in [-0.3, -0.25) is 9.48 Å². The lowest BCUT2D eigenvalue weighted by Crippen LogP contribution is -2.42. The van der Waals surface area contributed by atoms with Crippen molar-refractivity contribution in [3.05, 3.63) is 11.8 Å². The summed E-state index contributed by atoms with van der Waals surface area (Å²) in [5, 5.41) is 11.5. The molecule has 1 saturated carbocycles. The van der Waals surface area contributed by atoms with Gasteiger partial charge < -0.3 is 10.1 Å². The monoisotopic (exact) mass is 344 g/mol. The highest BCUT2D eigenvalue weighted by molar-refractivity contribution is 7.89. The second kappa shape index (κ2) is 6.98. The molecule has 9 heteroatoms. The number of methoxy groups -OCH3 is 1. The molecule has 2 rings (SSSR count). The molecule has 1 amide bonds. The molecule has 1 aromatic heterocycles. The summed E-state index contributed by atoms with van der Waals surface area (Å²) >= 11 is 0. The molecule has 0 bridgehead atoms. The molecule has 0 spiro atoms. The molecule has 23 heavy (non-hydrogen) atoms. The lowest BCUT2D eigenvalue weighted by molar-refractivity contribution is 0.0464. The Hall–Kier alpha value is -1.45. The van der Waals surface area contributed by atoms with Gasteiger partial charge in [-0.2, -0.15) is 5.10 Å². The molecule has 130 valence electrons. The van der Waals surface area contributed by atoms with E-state index in [1.165, 1.54) is 19.7 Å². The Morgan fingerprint density at radius 1 is 1.43 bits per heavy atom. The first kappa shape index (κ1) is 17.9. The standard InChI is InChI=1S/C14H24N4O4S/c1-18-13(23(15,20)21)11(8-17-18)12(19)16-9-14(10-22-2)6-4-3-5-7-14/h8H,3-7,9-10H2,1-2H3,(H,16,19)(H2,15,20,21). The van der Waals surface area contributed by atoms with Gasteiger partial charge in [0.1, 0.15) is 0 Å². The number of aryl methyl sites for hydroxylation is 1. The number of ether oxygens (including phenoxy) is 1. The molecule has 3 N–H and O–H groups in total. The minimum Gasteiger partial charge on any atom is -0.384 e. The molecule has 0 unspecified atom stereocenters. The maximum atomic E-state index is 12.4. The summed E-state index contributed by atoms with van der Waals surface area (Å²) < 4.78 is 29.7. The normalized spacial score (nSPS) is 17.9. The lowest BCUT2D eigenvalue weighted by Gasteiger charge is -2.36. The van der Waals surface area contributed by atoms with Gasteiger partial charge in [0.2, 0.25) is 0 Å². The van der Waals surface area contributed by atoms with Crippen LogP contribution >= 0.6 is 0 Å². The van der Waals surface area contributed by atoms with Gasteiger partial charge in [-0.05, 0) is 12.8 Å². The Morgan fingerprint density at radius 2 is 2.09 bits per heavy atom. The number of nitrogens with zero attached hydrogens (tertiary/aromatic N) is 2. The highest BCUT2D eigenvalue weighted by Gasteiger charge is 2.33. The quantitative estimate of drug-likeness (QED) is 0.774. The van der Waals surface area contributed by atoms with Crippen molar-refractivity contribution in [2.24, 2.45) is 17.6 Å². The maximum Gasteiger partial charge on any atom is 0.256 e. The summed E-state index contributed by atoms with van der Waals surface area (Å²) in [5.41, 5.74) is -0.120. The van der Waals surface area contributed by atoms with Crippen molar-refractivity contribution in [1.82, 2.24) is 15.1 Å². The predicted molar refractivity (Wildman–Crippen MR) is 84.3 cm³/mol. The summed E-state index contributed by atoms with van der Waals surface area (Å²) in [6, 6.07) is 0. The van der Waals surface area contributed by atoms with Crippen LogP contribution in [0.1, 0.15) is 42.5 Å². The molecular weight excluding hydrogens is 320 g/mol. The van der Waals surface area contributed by atoms with Crippen LogP contribution < -0.4 is 10.5 Å². The van der Waals surface area contributed by atoms with Crippen molar-refractivity contribution in [2.75, 3.05) is 20.3 Å². The van der Waals surface area contributed by atoms with E-state index in [9.17, 15) is 13.2 Å². The maximum absolute atomic E-state index is 12.4. The van der Waals surface area contributed by atoms with Crippen LogP contribution in [-0.2, 0) is 21.8 Å². The molecule has 1 fully saturated rings. The summed E-state index contributed by atoms with van der Waals surface area (Å²) in [6.07, 6.45) is 6.59. The molecule has 1 aliphatic rings. The summed E-state index contributed by atoms with van der Waals surface area (Å²) in [4.78, 5) is 12.4. The van der Waals surface area contributed by atoms with Gasteiger partial charge in [-0.15, -0.1) is 0 Å². The van der Waals surface area contributed by atoms with Crippen LogP contribution in [0.25, 0.3) is 0 Å². The third-order valence-corrected chi connectivity index (χ3v) is 5.41. The fourth-order valence-corrected chi connectivity index (χ4v) is 4.13. The van der Waals surface area contributed by atoms with Crippen LogP contribution in [0.3, 0.4) is 0 Å². The topological polar surface area (TPSA) is 116 Å². The number of hydrogen-bond donors (Lipinski definition) is 2. The Kier molecular flexibility index (Phi) is 5.43. The van der Waals surface area contributed by atoms with Gasteiger partial charge in [0.15, 0.2) is 5.03 Å². The van der Waals surface area contributed by atoms with E-state index in [-0.39, 0.29) is 16.0 Å². The van der Waals surface area contributed by atoms with Crippen molar-refractivity contribution < 1.29 is 17.9 Å². The first-order valence-electron chi connectivity index (χ1n) is 7.61. The third-order valence-electron chi connectivity index (χ3n) is 4.39. The highest BCUT2D eigenvalue weighted by Crippen LogP contribution is 2.36. The van der Waals surface area contributed by atoms with Crippen molar-refractivity contribution in [3.63, 3.8) is 0 Å². The number of nitrogens with one attached hydrogen (secondary N) is 1. The van der Waals surface area contributed by atoms with Gasteiger partial charge in [0, 0.05) is 26.1 Å². The Bertz CT molecular complexity index is 657. The first-order chi connectivity index (χ1) is 10.8. The number of nitrogens with two attached hydrogens (primary N) is 1. The van der Waals surface area contributed by atoms with E-state index in [1.54, 1.807) is 7.11 Å². The summed E-state index contributed by atoms with van der Waals surface area (Å²) in [5.74, 6) is -0.483. The average Bonchev–Trinajstić information content (AvgIpc) is 2.88. The minimum atomic E-state index is -4.02. The van der Waals surface area contributed by atoms with Crippen LogP contribution in [-0.4, -0.2) is 44.4 Å². The molecule has 0 aromatic carbocycles. The highest BCUT2D eigenvalue weighted by atomic mass is 32.2. The lowest BCUT2D eigenvalue weighted by atomic mass is 9.74. The number of hydrogen-bond acceptors (Lipinski definition) is 5. The van der Waals surface area contributed by atoms with Gasteiger partial charge in [-0.25, -0.2) is 13.6 Å². The van der Waals surface area contributed by atoms with E-state index < -0.39 is 15.9 Å². The number of aromatic nitrogens is 2. The molecule has 0 radical (unpaired) electrons. The van der Waals surface area contributed by atoms with Crippen LogP contribution in [0.5, 0.6) is 0 Å². The third kappa shape index (κ3) is 4.10. The minimum absolute atomic E-state index is 0.0293. The van der Waals surface area contributed by atoms with Crippen molar-refractivity contribution in [2.45, 2.75) is 37.1 Å². The van der Waals surface area contributed by atoms with Crippen LogP contribution in [0.15, 0.2) is 11.2 Å². The summed E-state index contributed by atoms with van der Waals surface area (Å²) in [7, 11) is -0.934. The molecule has 1 heterocycles. The Morgan fingerprint density at radius 3 is 2.65 bits per heavy atom. The van der Waals surface area contributed by atoms with Gasteiger partial charge in [0.05, 0.1) is 18.4 Å². The molecule has 1 aromatic rings. The van der Waals surface area contributed by atoms with Gasteiger partial charge >= 0.3 is 0 Å². The average molecular weight is 344 g/mol. The summed E-state index contributed by atoms with van der Waals surface area (Å²) in [6.45, 7) is 1.01. The van der Waals surface area contributed by atoms with Crippen molar-refractivity contribution in [3.8, 4) is 0 Å². The SMILES string of the molecule is COCC1(CNC(=O)c2cnn(C)c2S(N)(=O)=O)CCCCC1. The van der Waals surface area contributed by atoms with Crippen LogP contribution in [0.2, 0.25) is 0 Å². The fraction of sp³-hybridized carbons (Fsp3) is 0.714. The smallest absolute Gasteiger partial charge is 0.256 e. The van der Waals surface area contributed by atoms with Gasteiger partial charge in [0.25, 0.3) is 15.9 Å².